The molecule has 90 valence electrons. The molecule has 3 nitrogen and oxygen atoms in total. The van der Waals surface area contributed by atoms with Crippen LogP contribution in [0.2, 0.25) is 0 Å². The lowest BCUT2D eigenvalue weighted by Crippen LogP contribution is -2.41. The molecule has 2 saturated heterocycles. The van der Waals surface area contributed by atoms with E-state index in [1.54, 1.807) is 0 Å². The highest BCUT2D eigenvalue weighted by atomic mass is 16.7. The lowest BCUT2D eigenvalue weighted by molar-refractivity contribution is 0.00578. The summed E-state index contributed by atoms with van der Waals surface area (Å²) in [4.78, 5) is 0. The fraction of sp³-hybridized carbons (Fsp3) is 0.833. The average Bonchev–Trinajstić information content (AvgIpc) is 2.36. The van der Waals surface area contributed by atoms with E-state index in [-0.39, 0.29) is 18.3 Å². The largest absolute Gasteiger partial charge is 0.487 e. The molecule has 0 saturated carbocycles. The van der Waals surface area contributed by atoms with Gasteiger partial charge in [-0.3, -0.25) is 0 Å². The number of hydrogen-bond acceptors (Lipinski definition) is 3. The summed E-state index contributed by atoms with van der Waals surface area (Å²) in [5.41, 5.74) is 0.804. The van der Waals surface area contributed by atoms with Crippen LogP contribution in [0, 0.1) is 0 Å². The van der Waals surface area contributed by atoms with Gasteiger partial charge in [-0.1, -0.05) is 11.5 Å². The van der Waals surface area contributed by atoms with Gasteiger partial charge in [0.15, 0.2) is 0 Å². The Balaban J connectivity index is 2.03. The van der Waals surface area contributed by atoms with Crippen molar-refractivity contribution in [1.29, 1.82) is 0 Å². The molecule has 2 aliphatic heterocycles. The van der Waals surface area contributed by atoms with Crippen molar-refractivity contribution >= 4 is 7.12 Å². The van der Waals surface area contributed by atoms with E-state index in [1.807, 2.05) is 0 Å². The predicted molar refractivity (Wildman–Crippen MR) is 64.2 cm³/mol. The van der Waals surface area contributed by atoms with Crippen LogP contribution in [0.4, 0.5) is 0 Å². The zero-order valence-electron chi connectivity index (χ0n) is 10.7. The van der Waals surface area contributed by atoms with E-state index in [2.05, 4.69) is 33.7 Å². The van der Waals surface area contributed by atoms with Crippen molar-refractivity contribution in [2.24, 2.45) is 0 Å². The molecular formula is C12H21BO3. The van der Waals surface area contributed by atoms with Crippen molar-refractivity contribution in [1.82, 2.24) is 0 Å². The highest BCUT2D eigenvalue weighted by Gasteiger charge is 2.50. The molecule has 0 amide bonds. The van der Waals surface area contributed by atoms with Gasteiger partial charge in [0.25, 0.3) is 0 Å². The Labute approximate surface area is 98.3 Å². The molecule has 0 bridgehead atoms. The molecule has 2 rings (SSSR count). The molecule has 0 unspecified atom stereocenters. The first-order chi connectivity index (χ1) is 7.41. The van der Waals surface area contributed by atoms with Crippen molar-refractivity contribution < 1.29 is 14.0 Å². The quantitative estimate of drug-likeness (QED) is 0.640. The normalized spacial score (nSPS) is 31.0. The summed E-state index contributed by atoms with van der Waals surface area (Å²) >= 11 is 0. The Morgan fingerprint density at radius 3 is 2.25 bits per heavy atom. The Hall–Kier alpha value is -0.315. The van der Waals surface area contributed by atoms with E-state index in [0.29, 0.717) is 0 Å². The fourth-order valence-electron chi connectivity index (χ4n) is 1.96. The summed E-state index contributed by atoms with van der Waals surface area (Å²) in [7, 11) is -0.221. The van der Waals surface area contributed by atoms with Gasteiger partial charge < -0.3 is 14.0 Å². The first kappa shape index (κ1) is 12.2. The van der Waals surface area contributed by atoms with Gasteiger partial charge in [-0.05, 0) is 40.5 Å². The molecule has 16 heavy (non-hydrogen) atoms. The summed E-state index contributed by atoms with van der Waals surface area (Å²) in [6.45, 7) is 9.89. The predicted octanol–water partition coefficient (Wildman–Crippen LogP) is 2.35. The molecule has 0 radical (unpaired) electrons. The molecule has 0 spiro atoms. The maximum atomic E-state index is 5.91. The number of rotatable bonds is 1. The van der Waals surface area contributed by atoms with Gasteiger partial charge in [-0.25, -0.2) is 0 Å². The summed E-state index contributed by atoms with van der Waals surface area (Å²) in [5, 5.41) is 0. The van der Waals surface area contributed by atoms with Crippen molar-refractivity contribution in [2.75, 3.05) is 13.2 Å². The van der Waals surface area contributed by atoms with Crippen LogP contribution in [-0.2, 0) is 14.0 Å². The second-order valence-corrected chi connectivity index (χ2v) is 5.61. The number of ether oxygens (including phenoxy) is 1. The second-order valence-electron chi connectivity index (χ2n) is 5.61. The first-order valence-electron chi connectivity index (χ1n) is 6.04. The third-order valence-corrected chi connectivity index (χ3v) is 3.72. The Bertz CT molecular complexity index is 273. The molecule has 0 aromatic heterocycles. The fourth-order valence-corrected chi connectivity index (χ4v) is 1.96. The van der Waals surface area contributed by atoms with Gasteiger partial charge >= 0.3 is 7.12 Å². The van der Waals surface area contributed by atoms with Crippen LogP contribution in [0.25, 0.3) is 0 Å². The Morgan fingerprint density at radius 1 is 1.12 bits per heavy atom. The van der Waals surface area contributed by atoms with Gasteiger partial charge in [0.1, 0.15) is 0 Å². The van der Waals surface area contributed by atoms with Crippen molar-refractivity contribution in [3.05, 3.63) is 11.5 Å². The summed E-state index contributed by atoms with van der Waals surface area (Å²) < 4.78 is 17.2. The topological polar surface area (TPSA) is 27.7 Å². The van der Waals surface area contributed by atoms with Gasteiger partial charge in [0.05, 0.1) is 17.8 Å². The molecule has 2 fully saturated rings. The van der Waals surface area contributed by atoms with Crippen molar-refractivity contribution in [3.63, 3.8) is 0 Å². The summed E-state index contributed by atoms with van der Waals surface area (Å²) in [5.74, 6) is 2.08. The van der Waals surface area contributed by atoms with Crippen LogP contribution < -0.4 is 0 Å². The van der Waals surface area contributed by atoms with Gasteiger partial charge in [0.2, 0.25) is 0 Å². The van der Waals surface area contributed by atoms with Crippen molar-refractivity contribution in [3.8, 4) is 0 Å². The lowest BCUT2D eigenvalue weighted by atomic mass is 9.85. The third-order valence-electron chi connectivity index (χ3n) is 3.72. The lowest BCUT2D eigenvalue weighted by Gasteiger charge is -2.32. The minimum absolute atomic E-state index is 0.221. The summed E-state index contributed by atoms with van der Waals surface area (Å²) in [6.07, 6.45) is 2.20. The zero-order valence-corrected chi connectivity index (χ0v) is 10.7. The van der Waals surface area contributed by atoms with E-state index in [9.17, 15) is 0 Å². The van der Waals surface area contributed by atoms with E-state index >= 15 is 0 Å². The van der Waals surface area contributed by atoms with Crippen LogP contribution in [0.3, 0.4) is 0 Å². The Morgan fingerprint density at radius 2 is 1.75 bits per heavy atom. The van der Waals surface area contributed by atoms with Crippen LogP contribution in [0.15, 0.2) is 11.5 Å². The van der Waals surface area contributed by atoms with E-state index in [1.165, 1.54) is 5.57 Å². The zero-order chi connectivity index (χ0) is 11.8. The maximum Gasteiger partial charge on any atom is 0.487 e. The van der Waals surface area contributed by atoms with E-state index in [0.717, 1.165) is 26.1 Å². The second kappa shape index (κ2) is 4.17. The molecule has 2 heterocycles. The molecule has 2 aliphatic rings. The molecular weight excluding hydrogens is 203 g/mol. The maximum absolute atomic E-state index is 5.91. The van der Waals surface area contributed by atoms with Crippen molar-refractivity contribution in [2.45, 2.75) is 51.7 Å². The summed E-state index contributed by atoms with van der Waals surface area (Å²) in [6, 6.07) is 0. The molecule has 0 aliphatic carbocycles. The smallest absolute Gasteiger partial charge is 0.400 e. The Kier molecular flexibility index (Phi) is 3.17. The van der Waals surface area contributed by atoms with Crippen LogP contribution >= 0.6 is 0 Å². The van der Waals surface area contributed by atoms with Gasteiger partial charge in [-0.2, -0.15) is 0 Å². The molecule has 0 aromatic rings. The van der Waals surface area contributed by atoms with E-state index in [4.69, 9.17) is 14.0 Å². The highest BCUT2D eigenvalue weighted by Crippen LogP contribution is 2.37. The minimum atomic E-state index is -0.246. The standard InChI is InChI=1S/C12H21BO3/c1-11(2)12(3,4)16-13(15-11)8-10-6-5-7-14-9-10/h8H,5-7,9H2,1-4H3. The molecule has 0 aromatic carbocycles. The van der Waals surface area contributed by atoms with Crippen LogP contribution in [0.1, 0.15) is 40.5 Å². The average molecular weight is 224 g/mol. The van der Waals surface area contributed by atoms with Gasteiger partial charge in [0, 0.05) is 6.61 Å². The molecule has 0 N–H and O–H groups in total. The third kappa shape index (κ3) is 2.34. The minimum Gasteiger partial charge on any atom is -0.400 e. The van der Waals surface area contributed by atoms with Crippen LogP contribution in [-0.4, -0.2) is 31.5 Å². The highest BCUT2D eigenvalue weighted by molar-refractivity contribution is 6.51. The van der Waals surface area contributed by atoms with Gasteiger partial charge in [-0.15, -0.1) is 0 Å². The van der Waals surface area contributed by atoms with Crippen LogP contribution in [0.5, 0.6) is 0 Å². The molecule has 4 heteroatoms. The SMILES string of the molecule is CC1(C)OB(C=C2CCCOC2)OC1(C)C. The van der Waals surface area contributed by atoms with E-state index < -0.39 is 0 Å². The monoisotopic (exact) mass is 224 g/mol. The molecule has 0 atom stereocenters. The first-order valence-corrected chi connectivity index (χ1v) is 6.04. The number of hydrogen-bond donors (Lipinski definition) is 0.